The third-order valence-electron chi connectivity index (χ3n) is 4.06. The van der Waals surface area contributed by atoms with Gasteiger partial charge in [-0.15, -0.1) is 0 Å². The Labute approximate surface area is 180 Å². The predicted octanol–water partition coefficient (Wildman–Crippen LogP) is 2.89. The van der Waals surface area contributed by atoms with Gasteiger partial charge in [-0.3, -0.25) is 14.8 Å². The number of amides is 1. The molecule has 1 amide bonds. The number of benzene rings is 1. The van der Waals surface area contributed by atoms with Crippen LogP contribution in [0.15, 0.2) is 46.8 Å². The highest BCUT2D eigenvalue weighted by atomic mass is 19.2. The average molecular weight is 431 g/mol. The molecule has 2 aromatic rings. The number of rotatable bonds is 10. The summed E-state index contributed by atoms with van der Waals surface area (Å²) < 4.78 is 28.9. The number of carbonyl (C=O) groups is 1. The Balaban J connectivity index is 2.10. The topological polar surface area (TPSA) is 86.9 Å². The van der Waals surface area contributed by atoms with Gasteiger partial charge in [0.2, 0.25) is 5.91 Å². The summed E-state index contributed by atoms with van der Waals surface area (Å²) in [6.45, 7) is 10.8. The first kappa shape index (κ1) is 23.7. The van der Waals surface area contributed by atoms with E-state index in [1.807, 2.05) is 31.5 Å². The molecule has 31 heavy (non-hydrogen) atoms. The van der Waals surface area contributed by atoms with Gasteiger partial charge in [-0.2, -0.15) is 5.10 Å². The number of nitrogens with zero attached hydrogens (tertiary/aromatic N) is 5. The summed E-state index contributed by atoms with van der Waals surface area (Å²) in [5.41, 5.74) is 1.31. The van der Waals surface area contributed by atoms with Crippen molar-refractivity contribution < 1.29 is 13.6 Å². The largest absolute Gasteiger partial charge is 0.367 e. The van der Waals surface area contributed by atoms with E-state index < -0.39 is 17.5 Å². The van der Waals surface area contributed by atoms with Crippen LogP contribution in [-0.4, -0.2) is 46.8 Å². The quantitative estimate of drug-likeness (QED) is 0.447. The van der Waals surface area contributed by atoms with E-state index in [0.29, 0.717) is 25.5 Å². The molecule has 8 nitrogen and oxygen atoms in total. The molecule has 0 radical (unpaired) electrons. The van der Waals surface area contributed by atoms with Crippen molar-refractivity contribution in [3.8, 4) is 0 Å². The normalized spacial score (nSPS) is 11.6. The van der Waals surface area contributed by atoms with Crippen molar-refractivity contribution in [1.82, 2.24) is 14.6 Å². The van der Waals surface area contributed by atoms with Gasteiger partial charge in [-0.25, -0.2) is 13.8 Å². The van der Waals surface area contributed by atoms with Gasteiger partial charge in [-0.1, -0.05) is 6.07 Å². The second-order valence-electron chi connectivity index (χ2n) is 6.48. The minimum absolute atomic E-state index is 0.217. The Bertz CT molecular complexity index is 1020. The number of nitrogens with one attached hydrogen (secondary N) is 2. The van der Waals surface area contributed by atoms with Gasteiger partial charge in [0.1, 0.15) is 6.54 Å². The zero-order valence-electron chi connectivity index (χ0n) is 17.9. The van der Waals surface area contributed by atoms with E-state index in [1.165, 1.54) is 17.1 Å². The van der Waals surface area contributed by atoms with Gasteiger partial charge in [0, 0.05) is 38.7 Å². The number of halogens is 2. The van der Waals surface area contributed by atoms with Gasteiger partial charge in [0.05, 0.1) is 11.4 Å². The highest BCUT2D eigenvalue weighted by Crippen LogP contribution is 2.16. The molecule has 0 aliphatic rings. The predicted molar refractivity (Wildman–Crippen MR) is 118 cm³/mol. The number of hydrazone groups is 1. The van der Waals surface area contributed by atoms with Gasteiger partial charge >= 0.3 is 0 Å². The van der Waals surface area contributed by atoms with Crippen molar-refractivity contribution in [1.29, 1.82) is 0 Å². The second-order valence-corrected chi connectivity index (χ2v) is 6.48. The van der Waals surface area contributed by atoms with E-state index in [9.17, 15) is 13.6 Å². The monoisotopic (exact) mass is 431 g/mol. The maximum atomic E-state index is 13.7. The number of aryl methyl sites for hydroxylation is 1. The minimum atomic E-state index is -1.11. The molecule has 0 aliphatic heterocycles. The van der Waals surface area contributed by atoms with Gasteiger partial charge in [0.25, 0.3) is 0 Å². The molecule has 0 aliphatic carbocycles. The van der Waals surface area contributed by atoms with Crippen molar-refractivity contribution in [3.63, 3.8) is 0 Å². The van der Waals surface area contributed by atoms with E-state index in [-0.39, 0.29) is 12.2 Å². The van der Waals surface area contributed by atoms with Crippen LogP contribution in [0.25, 0.3) is 0 Å². The van der Waals surface area contributed by atoms with Gasteiger partial charge < -0.3 is 15.2 Å². The maximum absolute atomic E-state index is 13.7. The molecule has 166 valence electrons. The van der Waals surface area contributed by atoms with Crippen LogP contribution in [0.2, 0.25) is 0 Å². The molecule has 0 unspecified atom stereocenters. The number of allylic oxidation sites excluding steroid dienone is 1. The summed E-state index contributed by atoms with van der Waals surface area (Å²) >= 11 is 0. The van der Waals surface area contributed by atoms with Crippen LogP contribution in [0.4, 0.5) is 20.3 Å². The third kappa shape index (κ3) is 6.73. The standard InChI is InChI=1S/C21H27F2N7O/c1-5-25-20-21(26-6-2)29(13-15(3)27-20)11-8-12-30(24-4)14-18(31)28-17-10-7-9-16(22)19(17)23/h7-10,12-13H,4-6,11,14H2,1-3H3,(H,25,27)(H,28,31)/b12-8+,26-21?. The summed E-state index contributed by atoms with van der Waals surface area (Å²) in [5, 5.41) is 10.6. The van der Waals surface area contributed by atoms with Crippen molar-refractivity contribution in [2.75, 3.05) is 30.3 Å². The fourth-order valence-corrected chi connectivity index (χ4v) is 2.79. The Morgan fingerprint density at radius 3 is 2.81 bits per heavy atom. The van der Waals surface area contributed by atoms with Crippen LogP contribution in [0, 0.1) is 18.6 Å². The Morgan fingerprint density at radius 2 is 2.13 bits per heavy atom. The molecule has 2 N–H and O–H groups in total. The lowest BCUT2D eigenvalue weighted by atomic mass is 10.3. The highest BCUT2D eigenvalue weighted by Gasteiger charge is 2.12. The van der Waals surface area contributed by atoms with Crippen LogP contribution in [0.5, 0.6) is 0 Å². The minimum Gasteiger partial charge on any atom is -0.367 e. The van der Waals surface area contributed by atoms with Crippen LogP contribution in [-0.2, 0) is 11.3 Å². The molecule has 1 aromatic heterocycles. The molecule has 10 heteroatoms. The van der Waals surface area contributed by atoms with E-state index in [2.05, 4.69) is 32.4 Å². The van der Waals surface area contributed by atoms with Crippen molar-refractivity contribution in [2.24, 2.45) is 10.1 Å². The maximum Gasteiger partial charge on any atom is 0.246 e. The molecule has 1 heterocycles. The molecule has 0 bridgehead atoms. The number of anilines is 2. The SMILES string of the molecule is C=NN(/C=C/Cn1cc(C)nc(NCC)c1=NCC)CC(=O)Nc1cccc(F)c1F. The van der Waals surface area contributed by atoms with E-state index in [1.54, 1.807) is 12.3 Å². The van der Waals surface area contributed by atoms with Crippen molar-refractivity contribution >= 4 is 24.1 Å². The van der Waals surface area contributed by atoms with E-state index in [4.69, 9.17) is 0 Å². The van der Waals surface area contributed by atoms with E-state index in [0.717, 1.165) is 17.2 Å². The lowest BCUT2D eigenvalue weighted by Crippen LogP contribution is -2.28. The lowest BCUT2D eigenvalue weighted by Gasteiger charge is -2.15. The Kier molecular flexibility index (Phi) is 8.86. The third-order valence-corrected chi connectivity index (χ3v) is 4.06. The molecule has 1 aromatic carbocycles. The van der Waals surface area contributed by atoms with Crippen LogP contribution in [0.3, 0.4) is 0 Å². The number of aromatic nitrogens is 2. The fraction of sp³-hybridized carbons (Fsp3) is 0.333. The lowest BCUT2D eigenvalue weighted by molar-refractivity contribution is -0.116. The molecule has 2 rings (SSSR count). The molecular formula is C21H27F2N7O. The zero-order valence-corrected chi connectivity index (χ0v) is 17.9. The number of hydrogen-bond donors (Lipinski definition) is 2. The Morgan fingerprint density at radius 1 is 1.35 bits per heavy atom. The first-order valence-corrected chi connectivity index (χ1v) is 9.85. The summed E-state index contributed by atoms with van der Waals surface area (Å²) in [6.07, 6.45) is 5.25. The first-order valence-electron chi connectivity index (χ1n) is 9.85. The zero-order chi connectivity index (χ0) is 22.8. The first-order chi connectivity index (χ1) is 14.9. The Hall–Kier alpha value is -3.56. The molecule has 0 spiro atoms. The number of carbonyl (C=O) groups excluding carboxylic acids is 1. The fourth-order valence-electron chi connectivity index (χ4n) is 2.79. The summed E-state index contributed by atoms with van der Waals surface area (Å²) in [4.78, 5) is 21.2. The van der Waals surface area contributed by atoms with Crippen LogP contribution < -0.4 is 16.1 Å². The van der Waals surface area contributed by atoms with Gasteiger partial charge in [0.15, 0.2) is 22.9 Å². The van der Waals surface area contributed by atoms with Gasteiger partial charge in [-0.05, 0) is 39.0 Å². The van der Waals surface area contributed by atoms with Crippen molar-refractivity contribution in [2.45, 2.75) is 27.3 Å². The smallest absolute Gasteiger partial charge is 0.246 e. The molecule has 0 fully saturated rings. The average Bonchev–Trinajstić information content (AvgIpc) is 2.73. The second kappa shape index (κ2) is 11.6. The van der Waals surface area contributed by atoms with Crippen LogP contribution >= 0.6 is 0 Å². The van der Waals surface area contributed by atoms with Crippen LogP contribution in [0.1, 0.15) is 19.5 Å². The number of hydrogen-bond acceptors (Lipinski definition) is 6. The van der Waals surface area contributed by atoms with Crippen molar-refractivity contribution in [3.05, 3.63) is 59.5 Å². The summed E-state index contributed by atoms with van der Waals surface area (Å²) in [5.74, 6) is -2.01. The summed E-state index contributed by atoms with van der Waals surface area (Å²) in [7, 11) is 0. The summed E-state index contributed by atoms with van der Waals surface area (Å²) in [6, 6.07) is 3.57. The molecule has 0 atom stereocenters. The van der Waals surface area contributed by atoms with E-state index >= 15 is 0 Å². The molecule has 0 saturated heterocycles. The molecular weight excluding hydrogens is 404 g/mol. The highest BCUT2D eigenvalue weighted by molar-refractivity contribution is 5.92. The molecule has 0 saturated carbocycles.